The summed E-state index contributed by atoms with van der Waals surface area (Å²) in [5.74, 6) is 1.24. The molecule has 0 aliphatic carbocycles. The van der Waals surface area contributed by atoms with Crippen molar-refractivity contribution in [2.45, 2.75) is 13.8 Å². The van der Waals surface area contributed by atoms with Crippen LogP contribution in [0.15, 0.2) is 34.8 Å². The van der Waals surface area contributed by atoms with Crippen LogP contribution in [0.1, 0.15) is 13.8 Å². The molecule has 0 spiro atoms. The number of fused-ring (bicyclic) bond motifs is 1. The van der Waals surface area contributed by atoms with Gasteiger partial charge in [-0.1, -0.05) is 12.1 Å². The first kappa shape index (κ1) is 18.1. The fourth-order valence-corrected chi connectivity index (χ4v) is 3.75. The molecule has 2 heterocycles. The average Bonchev–Trinajstić information content (AvgIpc) is 2.63. The summed E-state index contributed by atoms with van der Waals surface area (Å²) < 4.78 is 1.02. The van der Waals surface area contributed by atoms with E-state index in [2.05, 4.69) is 43.9 Å². The number of piperazine rings is 1. The van der Waals surface area contributed by atoms with Crippen LogP contribution in [0.4, 0.5) is 5.82 Å². The molecule has 1 saturated heterocycles. The Morgan fingerprint density at radius 3 is 2.52 bits per heavy atom. The van der Waals surface area contributed by atoms with Crippen molar-refractivity contribution in [1.29, 1.82) is 0 Å². The third-order valence-corrected chi connectivity index (χ3v) is 5.47. The summed E-state index contributed by atoms with van der Waals surface area (Å²) in [5, 5.41) is 1.14. The van der Waals surface area contributed by atoms with Gasteiger partial charge in [0.1, 0.15) is 5.82 Å². The molecular weight excluding hydrogens is 380 g/mol. The van der Waals surface area contributed by atoms with Crippen molar-refractivity contribution in [1.82, 2.24) is 14.8 Å². The van der Waals surface area contributed by atoms with Gasteiger partial charge in [0.15, 0.2) is 0 Å². The molecule has 1 aliphatic rings. The summed E-state index contributed by atoms with van der Waals surface area (Å²) in [4.78, 5) is 23.5. The Labute approximate surface area is 157 Å². The van der Waals surface area contributed by atoms with Gasteiger partial charge in [-0.2, -0.15) is 0 Å². The quantitative estimate of drug-likeness (QED) is 0.767. The number of likely N-dealkylation sites (N-methyl/N-ethyl adjacent to an activating group) is 1. The van der Waals surface area contributed by atoms with E-state index >= 15 is 0 Å². The van der Waals surface area contributed by atoms with Crippen molar-refractivity contribution >= 4 is 38.6 Å². The number of para-hydroxylation sites is 1. The molecule has 134 valence electrons. The lowest BCUT2D eigenvalue weighted by atomic mass is 10.2. The van der Waals surface area contributed by atoms with Crippen LogP contribution in [0.3, 0.4) is 0 Å². The van der Waals surface area contributed by atoms with E-state index in [1.807, 2.05) is 30.9 Å². The molecule has 5 nitrogen and oxygen atoms in total. The van der Waals surface area contributed by atoms with Gasteiger partial charge >= 0.3 is 0 Å². The van der Waals surface area contributed by atoms with E-state index in [0.717, 1.165) is 60.5 Å². The minimum Gasteiger partial charge on any atom is -0.354 e. The number of rotatable bonds is 5. The van der Waals surface area contributed by atoms with E-state index in [1.54, 1.807) is 0 Å². The normalized spacial score (nSPS) is 15.6. The van der Waals surface area contributed by atoms with Gasteiger partial charge in [-0.25, -0.2) is 4.98 Å². The standard InChI is InChI=1S/C19H25BrN4O/c1-3-23(4-2)18(25)14-22-10-12-24(13-11-22)17-9-8-15-6-5-7-16(20)19(15)21-17/h5-9H,3-4,10-14H2,1-2H3. The number of aromatic nitrogens is 1. The second-order valence-electron chi connectivity index (χ2n) is 6.31. The van der Waals surface area contributed by atoms with Gasteiger partial charge in [0.2, 0.25) is 5.91 Å². The van der Waals surface area contributed by atoms with Crippen molar-refractivity contribution in [3.05, 3.63) is 34.8 Å². The predicted octanol–water partition coefficient (Wildman–Crippen LogP) is 2.99. The largest absolute Gasteiger partial charge is 0.354 e. The van der Waals surface area contributed by atoms with Crippen LogP contribution in [0, 0.1) is 0 Å². The number of halogens is 1. The van der Waals surface area contributed by atoms with Crippen LogP contribution in [0.5, 0.6) is 0 Å². The zero-order valence-corrected chi connectivity index (χ0v) is 16.5. The van der Waals surface area contributed by atoms with Crippen molar-refractivity contribution in [2.75, 3.05) is 50.7 Å². The van der Waals surface area contributed by atoms with Gasteiger partial charge < -0.3 is 9.80 Å². The summed E-state index contributed by atoms with van der Waals surface area (Å²) in [5.41, 5.74) is 0.999. The monoisotopic (exact) mass is 404 g/mol. The lowest BCUT2D eigenvalue weighted by Crippen LogP contribution is -2.50. The highest BCUT2D eigenvalue weighted by Crippen LogP contribution is 2.25. The van der Waals surface area contributed by atoms with Gasteiger partial charge in [-0.05, 0) is 48.0 Å². The third-order valence-electron chi connectivity index (χ3n) is 4.83. The van der Waals surface area contributed by atoms with Gasteiger partial charge in [-0.3, -0.25) is 9.69 Å². The molecule has 0 radical (unpaired) electrons. The first-order valence-electron chi connectivity index (χ1n) is 8.92. The molecule has 0 saturated carbocycles. The first-order chi connectivity index (χ1) is 12.1. The van der Waals surface area contributed by atoms with E-state index in [9.17, 15) is 4.79 Å². The molecule has 0 unspecified atom stereocenters. The molecular formula is C19H25BrN4O. The van der Waals surface area contributed by atoms with E-state index in [0.29, 0.717) is 6.54 Å². The Hall–Kier alpha value is -1.66. The van der Waals surface area contributed by atoms with Crippen LogP contribution < -0.4 is 4.90 Å². The number of anilines is 1. The molecule has 1 aromatic carbocycles. The lowest BCUT2D eigenvalue weighted by Gasteiger charge is -2.36. The topological polar surface area (TPSA) is 39.7 Å². The Morgan fingerprint density at radius 2 is 1.84 bits per heavy atom. The Bertz CT molecular complexity index is 739. The smallest absolute Gasteiger partial charge is 0.236 e. The molecule has 0 N–H and O–H groups in total. The Balaban J connectivity index is 1.62. The van der Waals surface area contributed by atoms with Crippen LogP contribution in [0.2, 0.25) is 0 Å². The zero-order valence-electron chi connectivity index (χ0n) is 14.9. The number of hydrogen-bond donors (Lipinski definition) is 0. The molecule has 6 heteroatoms. The second kappa shape index (κ2) is 8.15. The summed E-state index contributed by atoms with van der Waals surface area (Å²) in [6, 6.07) is 10.3. The van der Waals surface area contributed by atoms with E-state index < -0.39 is 0 Å². The number of nitrogens with zero attached hydrogens (tertiary/aromatic N) is 4. The maximum atomic E-state index is 12.3. The highest BCUT2D eigenvalue weighted by atomic mass is 79.9. The molecule has 0 bridgehead atoms. The van der Waals surface area contributed by atoms with Crippen molar-refractivity contribution in [2.24, 2.45) is 0 Å². The van der Waals surface area contributed by atoms with Crippen LogP contribution >= 0.6 is 15.9 Å². The lowest BCUT2D eigenvalue weighted by molar-refractivity contribution is -0.132. The van der Waals surface area contributed by atoms with Crippen molar-refractivity contribution in [3.8, 4) is 0 Å². The minimum atomic E-state index is 0.228. The van der Waals surface area contributed by atoms with Gasteiger partial charge in [-0.15, -0.1) is 0 Å². The molecule has 2 aromatic rings. The molecule has 1 amide bonds. The van der Waals surface area contributed by atoms with Crippen LogP contribution in [-0.2, 0) is 4.79 Å². The van der Waals surface area contributed by atoms with E-state index in [1.165, 1.54) is 0 Å². The van der Waals surface area contributed by atoms with Crippen molar-refractivity contribution < 1.29 is 4.79 Å². The summed E-state index contributed by atoms with van der Waals surface area (Å²) >= 11 is 3.59. The Morgan fingerprint density at radius 1 is 1.12 bits per heavy atom. The van der Waals surface area contributed by atoms with Crippen LogP contribution in [-0.4, -0.2) is 66.5 Å². The fraction of sp³-hybridized carbons (Fsp3) is 0.474. The molecule has 1 fully saturated rings. The van der Waals surface area contributed by atoms with Crippen molar-refractivity contribution in [3.63, 3.8) is 0 Å². The summed E-state index contributed by atoms with van der Waals surface area (Å²) in [6.07, 6.45) is 0. The first-order valence-corrected chi connectivity index (χ1v) is 9.72. The summed E-state index contributed by atoms with van der Waals surface area (Å²) in [7, 11) is 0. The number of amides is 1. The molecule has 1 aromatic heterocycles. The maximum absolute atomic E-state index is 12.3. The number of carbonyl (C=O) groups excluding carboxylic acids is 1. The maximum Gasteiger partial charge on any atom is 0.236 e. The number of hydrogen-bond acceptors (Lipinski definition) is 4. The van der Waals surface area contributed by atoms with Gasteiger partial charge in [0, 0.05) is 49.1 Å². The molecule has 0 atom stereocenters. The highest BCUT2D eigenvalue weighted by molar-refractivity contribution is 9.10. The predicted molar refractivity (Wildman–Crippen MR) is 106 cm³/mol. The van der Waals surface area contributed by atoms with Gasteiger partial charge in [0.25, 0.3) is 0 Å². The van der Waals surface area contributed by atoms with Gasteiger partial charge in [0.05, 0.1) is 12.1 Å². The van der Waals surface area contributed by atoms with E-state index in [-0.39, 0.29) is 5.91 Å². The third kappa shape index (κ3) is 4.12. The zero-order chi connectivity index (χ0) is 17.8. The number of pyridine rings is 1. The molecule has 1 aliphatic heterocycles. The highest BCUT2D eigenvalue weighted by Gasteiger charge is 2.21. The molecule has 25 heavy (non-hydrogen) atoms. The SMILES string of the molecule is CCN(CC)C(=O)CN1CCN(c2ccc3cccc(Br)c3n2)CC1. The van der Waals surface area contributed by atoms with E-state index in [4.69, 9.17) is 4.98 Å². The number of carbonyl (C=O) groups is 1. The Kier molecular flexibility index (Phi) is 5.91. The number of benzene rings is 1. The summed E-state index contributed by atoms with van der Waals surface area (Å²) in [6.45, 7) is 9.72. The van der Waals surface area contributed by atoms with Crippen LogP contribution in [0.25, 0.3) is 10.9 Å². The fourth-order valence-electron chi connectivity index (χ4n) is 3.28. The second-order valence-corrected chi connectivity index (χ2v) is 7.16. The average molecular weight is 405 g/mol. The molecule has 3 rings (SSSR count). The minimum absolute atomic E-state index is 0.228.